The van der Waals surface area contributed by atoms with Gasteiger partial charge in [-0.15, -0.1) is 10.2 Å². The quantitative estimate of drug-likeness (QED) is 0.485. The van der Waals surface area contributed by atoms with E-state index in [4.69, 9.17) is 9.15 Å². The summed E-state index contributed by atoms with van der Waals surface area (Å²) in [4.78, 5) is 12.4. The second-order valence-electron chi connectivity index (χ2n) is 5.66. The highest BCUT2D eigenvalue weighted by molar-refractivity contribution is 7.99. The lowest BCUT2D eigenvalue weighted by atomic mass is 10.1. The average Bonchev–Trinajstić information content (AvgIpc) is 3.08. The van der Waals surface area contributed by atoms with Gasteiger partial charge in [0.15, 0.2) is 5.78 Å². The molecule has 0 fully saturated rings. The lowest BCUT2D eigenvalue weighted by Gasteiger charge is -2.05. The second-order valence-corrected chi connectivity index (χ2v) is 6.59. The smallest absolute Gasteiger partial charge is 0.277 e. The van der Waals surface area contributed by atoms with E-state index in [1.54, 1.807) is 19.2 Å². The summed E-state index contributed by atoms with van der Waals surface area (Å²) in [6.07, 6.45) is 0. The van der Waals surface area contributed by atoms with Crippen molar-refractivity contribution in [3.8, 4) is 17.2 Å². The van der Waals surface area contributed by atoms with Crippen LogP contribution in [0.15, 0.2) is 52.1 Å². The molecule has 3 rings (SSSR count). The number of aromatic nitrogens is 2. The molecular formula is C19H18N2O3S. The summed E-state index contributed by atoms with van der Waals surface area (Å²) in [5, 5.41) is 8.48. The SMILES string of the molecule is COc1ccccc1C(=O)CSc1nnc(-c2cc(C)cc(C)c2)o1. The maximum absolute atomic E-state index is 12.4. The molecule has 0 bridgehead atoms. The number of carbonyl (C=O) groups excluding carboxylic acids is 1. The van der Waals surface area contributed by atoms with Crippen LogP contribution in [0.2, 0.25) is 0 Å². The predicted molar refractivity (Wildman–Crippen MR) is 97.3 cm³/mol. The number of para-hydroxylation sites is 1. The van der Waals surface area contributed by atoms with Crippen molar-refractivity contribution in [3.05, 3.63) is 59.2 Å². The number of nitrogens with zero attached hydrogens (tertiary/aromatic N) is 2. The molecular weight excluding hydrogens is 336 g/mol. The Morgan fingerprint density at radius 1 is 1.12 bits per heavy atom. The molecule has 1 heterocycles. The molecule has 0 atom stereocenters. The van der Waals surface area contributed by atoms with Crippen LogP contribution >= 0.6 is 11.8 Å². The molecule has 1 aromatic heterocycles. The van der Waals surface area contributed by atoms with E-state index in [2.05, 4.69) is 16.3 Å². The van der Waals surface area contributed by atoms with Crippen LogP contribution in [0.5, 0.6) is 5.75 Å². The fourth-order valence-corrected chi connectivity index (χ4v) is 3.21. The zero-order chi connectivity index (χ0) is 17.8. The number of benzene rings is 2. The zero-order valence-electron chi connectivity index (χ0n) is 14.3. The molecule has 0 N–H and O–H groups in total. The van der Waals surface area contributed by atoms with Crippen molar-refractivity contribution in [1.29, 1.82) is 0 Å². The highest BCUT2D eigenvalue weighted by Crippen LogP contribution is 2.26. The van der Waals surface area contributed by atoms with Crippen LogP contribution in [0.25, 0.3) is 11.5 Å². The monoisotopic (exact) mass is 354 g/mol. The largest absolute Gasteiger partial charge is 0.496 e. The van der Waals surface area contributed by atoms with E-state index < -0.39 is 0 Å². The molecule has 0 aliphatic rings. The van der Waals surface area contributed by atoms with Gasteiger partial charge in [-0.25, -0.2) is 0 Å². The Hall–Kier alpha value is -2.60. The first-order valence-corrected chi connectivity index (χ1v) is 8.76. The lowest BCUT2D eigenvalue weighted by Crippen LogP contribution is -2.04. The van der Waals surface area contributed by atoms with Crippen molar-refractivity contribution in [2.45, 2.75) is 19.1 Å². The van der Waals surface area contributed by atoms with Gasteiger partial charge in [-0.2, -0.15) is 0 Å². The molecule has 3 aromatic rings. The van der Waals surface area contributed by atoms with Crippen molar-refractivity contribution >= 4 is 17.5 Å². The normalized spacial score (nSPS) is 10.7. The minimum atomic E-state index is -0.0476. The number of ketones is 1. The van der Waals surface area contributed by atoms with E-state index >= 15 is 0 Å². The van der Waals surface area contributed by atoms with Gasteiger partial charge in [-0.05, 0) is 38.1 Å². The molecule has 0 aliphatic carbocycles. The summed E-state index contributed by atoms with van der Waals surface area (Å²) < 4.78 is 10.9. The van der Waals surface area contributed by atoms with Gasteiger partial charge < -0.3 is 9.15 Å². The third kappa shape index (κ3) is 4.09. The number of carbonyl (C=O) groups is 1. The van der Waals surface area contributed by atoms with E-state index in [1.165, 1.54) is 11.8 Å². The number of aryl methyl sites for hydroxylation is 2. The van der Waals surface area contributed by atoms with Crippen LogP contribution in [0.4, 0.5) is 0 Å². The fraction of sp³-hybridized carbons (Fsp3) is 0.211. The van der Waals surface area contributed by atoms with Crippen molar-refractivity contribution in [1.82, 2.24) is 10.2 Å². The van der Waals surface area contributed by atoms with Crippen LogP contribution in [-0.2, 0) is 0 Å². The molecule has 2 aromatic carbocycles. The van der Waals surface area contributed by atoms with Gasteiger partial charge in [0.25, 0.3) is 5.22 Å². The number of thioether (sulfide) groups is 1. The first-order chi connectivity index (χ1) is 12.1. The third-order valence-corrected chi connectivity index (χ3v) is 4.43. The van der Waals surface area contributed by atoms with Crippen molar-refractivity contribution in [2.75, 3.05) is 12.9 Å². The minimum Gasteiger partial charge on any atom is -0.496 e. The molecule has 128 valence electrons. The number of ether oxygens (including phenoxy) is 1. The number of rotatable bonds is 6. The number of Topliss-reactive ketones (excluding diaryl/α,β-unsaturated/α-hetero) is 1. The topological polar surface area (TPSA) is 65.2 Å². The lowest BCUT2D eigenvalue weighted by molar-refractivity contribution is 0.101. The summed E-state index contributed by atoms with van der Waals surface area (Å²) in [5.41, 5.74) is 3.70. The van der Waals surface area contributed by atoms with Gasteiger partial charge in [0.05, 0.1) is 18.4 Å². The number of methoxy groups -OCH3 is 1. The Bertz CT molecular complexity index is 885. The second kappa shape index (κ2) is 7.53. The van der Waals surface area contributed by atoms with Gasteiger partial charge in [0.1, 0.15) is 5.75 Å². The zero-order valence-corrected chi connectivity index (χ0v) is 15.1. The van der Waals surface area contributed by atoms with Gasteiger partial charge in [-0.3, -0.25) is 4.79 Å². The third-order valence-electron chi connectivity index (χ3n) is 3.61. The standard InChI is InChI=1S/C19H18N2O3S/c1-12-8-13(2)10-14(9-12)18-20-21-19(24-18)25-11-16(22)15-6-4-5-7-17(15)23-3/h4-10H,11H2,1-3H3. The summed E-state index contributed by atoms with van der Waals surface area (Å²) in [5.74, 6) is 1.18. The highest BCUT2D eigenvalue weighted by Gasteiger charge is 2.15. The molecule has 0 saturated carbocycles. The number of hydrogen-bond acceptors (Lipinski definition) is 6. The van der Waals surface area contributed by atoms with Crippen LogP contribution in [0.3, 0.4) is 0 Å². The fourth-order valence-electron chi connectivity index (χ4n) is 2.56. The van der Waals surface area contributed by atoms with Gasteiger partial charge in [0.2, 0.25) is 5.89 Å². The molecule has 0 radical (unpaired) electrons. The van der Waals surface area contributed by atoms with Crippen molar-refractivity contribution < 1.29 is 13.9 Å². The average molecular weight is 354 g/mol. The van der Waals surface area contributed by atoms with E-state index in [0.717, 1.165) is 16.7 Å². The Kier molecular flexibility index (Phi) is 5.19. The van der Waals surface area contributed by atoms with Gasteiger partial charge >= 0.3 is 0 Å². The Morgan fingerprint density at radius 3 is 2.56 bits per heavy atom. The highest BCUT2D eigenvalue weighted by atomic mass is 32.2. The van der Waals surface area contributed by atoms with Crippen LogP contribution < -0.4 is 4.74 Å². The molecule has 6 heteroatoms. The van der Waals surface area contributed by atoms with Crippen molar-refractivity contribution in [2.24, 2.45) is 0 Å². The Balaban J connectivity index is 1.70. The first-order valence-electron chi connectivity index (χ1n) is 7.78. The molecule has 25 heavy (non-hydrogen) atoms. The Labute approximate surface area is 150 Å². The van der Waals surface area contributed by atoms with Crippen LogP contribution in [-0.4, -0.2) is 28.8 Å². The van der Waals surface area contributed by atoms with Crippen LogP contribution in [0, 0.1) is 13.8 Å². The number of hydrogen-bond donors (Lipinski definition) is 0. The van der Waals surface area contributed by atoms with Gasteiger partial charge in [0, 0.05) is 5.56 Å². The summed E-state index contributed by atoms with van der Waals surface area (Å²) in [6, 6.07) is 13.2. The Morgan fingerprint density at radius 2 is 1.84 bits per heavy atom. The first kappa shape index (κ1) is 17.2. The maximum Gasteiger partial charge on any atom is 0.277 e. The van der Waals surface area contributed by atoms with E-state index in [-0.39, 0.29) is 11.5 Å². The molecule has 0 spiro atoms. The predicted octanol–water partition coefficient (Wildman–Crippen LogP) is 4.34. The van der Waals surface area contributed by atoms with Crippen LogP contribution in [0.1, 0.15) is 21.5 Å². The minimum absolute atomic E-state index is 0.0476. The molecule has 0 unspecified atom stereocenters. The molecule has 0 aliphatic heterocycles. The molecule has 0 saturated heterocycles. The van der Waals surface area contributed by atoms with Gasteiger partial charge in [-0.1, -0.05) is 41.1 Å². The molecule has 5 nitrogen and oxygen atoms in total. The van der Waals surface area contributed by atoms with Crippen molar-refractivity contribution in [3.63, 3.8) is 0 Å². The maximum atomic E-state index is 12.4. The molecule has 0 amide bonds. The van der Waals surface area contributed by atoms with E-state index in [1.807, 2.05) is 38.1 Å². The summed E-state index contributed by atoms with van der Waals surface area (Å²) >= 11 is 1.22. The van der Waals surface area contributed by atoms with E-state index in [0.29, 0.717) is 22.4 Å². The summed E-state index contributed by atoms with van der Waals surface area (Å²) in [6.45, 7) is 4.04. The van der Waals surface area contributed by atoms with E-state index in [9.17, 15) is 4.79 Å². The summed E-state index contributed by atoms with van der Waals surface area (Å²) in [7, 11) is 1.55.